The molecule has 0 fully saturated rings. The summed E-state index contributed by atoms with van der Waals surface area (Å²) in [5, 5.41) is 0. The molecule has 176 valence electrons. The number of hydrogen-bond donors (Lipinski definition) is 0. The summed E-state index contributed by atoms with van der Waals surface area (Å²) in [4.78, 5) is 0. The minimum absolute atomic E-state index is 1.09. The summed E-state index contributed by atoms with van der Waals surface area (Å²) in [7, 11) is 0. The molecular formula is C36H25Br. The van der Waals surface area contributed by atoms with Gasteiger partial charge in [0.05, 0.1) is 0 Å². The van der Waals surface area contributed by atoms with Gasteiger partial charge in [-0.05, 0) is 98.1 Å². The lowest BCUT2D eigenvalue weighted by molar-refractivity contribution is 1.55. The van der Waals surface area contributed by atoms with Gasteiger partial charge in [0, 0.05) is 4.47 Å². The highest BCUT2D eigenvalue weighted by molar-refractivity contribution is 9.10. The fourth-order valence-electron chi connectivity index (χ4n) is 4.81. The first kappa shape index (κ1) is 23.2. The van der Waals surface area contributed by atoms with Gasteiger partial charge >= 0.3 is 0 Å². The average molecular weight is 538 g/mol. The van der Waals surface area contributed by atoms with Crippen LogP contribution < -0.4 is 0 Å². The Bertz CT molecular complexity index is 1610. The number of hydrogen-bond acceptors (Lipinski definition) is 0. The minimum atomic E-state index is 1.09. The van der Waals surface area contributed by atoms with E-state index in [4.69, 9.17) is 0 Å². The monoisotopic (exact) mass is 536 g/mol. The fraction of sp³-hybridized carbons (Fsp3) is 0. The molecule has 0 aliphatic heterocycles. The van der Waals surface area contributed by atoms with E-state index in [2.05, 4.69) is 168 Å². The molecule has 0 saturated carbocycles. The molecule has 0 atom stereocenters. The third kappa shape index (κ3) is 5.18. The van der Waals surface area contributed by atoms with Crippen molar-refractivity contribution in [3.8, 4) is 55.6 Å². The molecule has 0 radical (unpaired) electrons. The predicted octanol–water partition coefficient (Wildman–Crippen LogP) is 10.8. The summed E-state index contributed by atoms with van der Waals surface area (Å²) in [5.41, 5.74) is 12.1. The maximum Gasteiger partial charge on any atom is 0.0181 e. The van der Waals surface area contributed by atoms with Crippen molar-refractivity contribution in [1.82, 2.24) is 0 Å². The lowest BCUT2D eigenvalue weighted by Gasteiger charge is -2.13. The van der Waals surface area contributed by atoms with E-state index in [-0.39, 0.29) is 0 Å². The lowest BCUT2D eigenvalue weighted by atomic mass is 9.92. The Hall–Kier alpha value is -4.20. The van der Waals surface area contributed by atoms with E-state index in [0.29, 0.717) is 0 Å². The molecule has 6 aromatic carbocycles. The molecule has 1 heteroatoms. The zero-order valence-electron chi connectivity index (χ0n) is 20.3. The molecular weight excluding hydrogens is 512 g/mol. The Labute approximate surface area is 227 Å². The summed E-state index contributed by atoms with van der Waals surface area (Å²) in [6.07, 6.45) is 0. The fourth-order valence-corrected chi connectivity index (χ4v) is 5.21. The minimum Gasteiger partial charge on any atom is -0.0622 e. The highest BCUT2D eigenvalue weighted by atomic mass is 79.9. The Morgan fingerprint density at radius 3 is 0.973 bits per heavy atom. The normalized spacial score (nSPS) is 10.8. The van der Waals surface area contributed by atoms with Crippen molar-refractivity contribution in [3.63, 3.8) is 0 Å². The highest BCUT2D eigenvalue weighted by Crippen LogP contribution is 2.35. The average Bonchev–Trinajstić information content (AvgIpc) is 2.98. The zero-order chi connectivity index (χ0) is 25.0. The van der Waals surface area contributed by atoms with Crippen molar-refractivity contribution in [2.45, 2.75) is 0 Å². The van der Waals surface area contributed by atoms with Gasteiger partial charge in [-0.3, -0.25) is 0 Å². The van der Waals surface area contributed by atoms with Crippen molar-refractivity contribution in [2.75, 3.05) is 0 Å². The van der Waals surface area contributed by atoms with Gasteiger partial charge in [-0.25, -0.2) is 0 Å². The van der Waals surface area contributed by atoms with Crippen LogP contribution in [0.5, 0.6) is 0 Å². The summed E-state index contributed by atoms with van der Waals surface area (Å²) >= 11 is 3.60. The van der Waals surface area contributed by atoms with Crippen LogP contribution in [0.3, 0.4) is 0 Å². The second-order valence-electron chi connectivity index (χ2n) is 9.20. The van der Waals surface area contributed by atoms with E-state index < -0.39 is 0 Å². The first-order chi connectivity index (χ1) is 18.2. The summed E-state index contributed by atoms with van der Waals surface area (Å²) in [6.45, 7) is 0. The SMILES string of the molecule is Brc1cccc(-c2cccc(-c3cccc(-c4cc(-c5ccccc5)cc(-c5ccccc5)c4)c3)c2)c1. The van der Waals surface area contributed by atoms with Gasteiger partial charge in [0.15, 0.2) is 0 Å². The van der Waals surface area contributed by atoms with Crippen LogP contribution in [0.4, 0.5) is 0 Å². The summed E-state index contributed by atoms with van der Waals surface area (Å²) < 4.78 is 1.09. The van der Waals surface area contributed by atoms with Crippen LogP contribution in [-0.4, -0.2) is 0 Å². The summed E-state index contributed by atoms with van der Waals surface area (Å²) in [5.74, 6) is 0. The van der Waals surface area contributed by atoms with E-state index in [1.54, 1.807) is 0 Å². The van der Waals surface area contributed by atoms with Gasteiger partial charge in [0.2, 0.25) is 0 Å². The summed E-state index contributed by atoms with van der Waals surface area (Å²) in [6, 6.07) is 54.3. The van der Waals surface area contributed by atoms with Gasteiger partial charge < -0.3 is 0 Å². The molecule has 0 aliphatic carbocycles. The molecule has 0 spiro atoms. The van der Waals surface area contributed by atoms with Crippen LogP contribution in [0.1, 0.15) is 0 Å². The van der Waals surface area contributed by atoms with E-state index in [1.807, 2.05) is 0 Å². The first-order valence-electron chi connectivity index (χ1n) is 12.5. The maximum atomic E-state index is 3.60. The van der Waals surface area contributed by atoms with Gasteiger partial charge in [-0.1, -0.05) is 125 Å². The molecule has 0 unspecified atom stereocenters. The standard InChI is InChI=1S/C36H25Br/c37-36-19-9-18-32(25-36)30-16-7-14-28(20-30)29-15-8-17-31(21-29)35-23-33(26-10-3-1-4-11-26)22-34(24-35)27-12-5-2-6-13-27/h1-25H. The van der Waals surface area contributed by atoms with Gasteiger partial charge in [-0.2, -0.15) is 0 Å². The Kier molecular flexibility index (Phi) is 6.54. The van der Waals surface area contributed by atoms with Crippen LogP contribution in [0.25, 0.3) is 55.6 Å². The van der Waals surface area contributed by atoms with Crippen molar-refractivity contribution in [3.05, 3.63) is 156 Å². The molecule has 6 aromatic rings. The van der Waals surface area contributed by atoms with Crippen LogP contribution in [-0.2, 0) is 0 Å². The molecule has 0 N–H and O–H groups in total. The van der Waals surface area contributed by atoms with E-state index in [1.165, 1.54) is 55.6 Å². The Morgan fingerprint density at radius 2 is 0.541 bits per heavy atom. The van der Waals surface area contributed by atoms with Gasteiger partial charge in [0.1, 0.15) is 0 Å². The van der Waals surface area contributed by atoms with Crippen LogP contribution in [0.15, 0.2) is 156 Å². The van der Waals surface area contributed by atoms with E-state index >= 15 is 0 Å². The molecule has 0 aliphatic rings. The predicted molar refractivity (Wildman–Crippen MR) is 161 cm³/mol. The van der Waals surface area contributed by atoms with Crippen LogP contribution in [0.2, 0.25) is 0 Å². The largest absolute Gasteiger partial charge is 0.0622 e. The lowest BCUT2D eigenvalue weighted by Crippen LogP contribution is -1.87. The Balaban J connectivity index is 1.44. The number of benzene rings is 6. The molecule has 6 rings (SSSR count). The molecule has 0 saturated heterocycles. The highest BCUT2D eigenvalue weighted by Gasteiger charge is 2.09. The van der Waals surface area contributed by atoms with Crippen molar-refractivity contribution < 1.29 is 0 Å². The Morgan fingerprint density at radius 1 is 0.243 bits per heavy atom. The van der Waals surface area contributed by atoms with Crippen LogP contribution >= 0.6 is 15.9 Å². The molecule has 0 aromatic heterocycles. The van der Waals surface area contributed by atoms with Crippen LogP contribution in [0, 0.1) is 0 Å². The van der Waals surface area contributed by atoms with Crippen molar-refractivity contribution in [1.29, 1.82) is 0 Å². The van der Waals surface area contributed by atoms with Gasteiger partial charge in [-0.15, -0.1) is 0 Å². The van der Waals surface area contributed by atoms with E-state index in [9.17, 15) is 0 Å². The maximum absolute atomic E-state index is 3.60. The smallest absolute Gasteiger partial charge is 0.0181 e. The quantitative estimate of drug-likeness (QED) is 0.205. The molecule has 37 heavy (non-hydrogen) atoms. The second-order valence-corrected chi connectivity index (χ2v) is 10.1. The third-order valence-electron chi connectivity index (χ3n) is 6.70. The molecule has 0 nitrogen and oxygen atoms in total. The van der Waals surface area contributed by atoms with Gasteiger partial charge in [0.25, 0.3) is 0 Å². The zero-order valence-corrected chi connectivity index (χ0v) is 21.9. The first-order valence-corrected chi connectivity index (χ1v) is 13.2. The number of halogens is 1. The second kappa shape index (κ2) is 10.4. The molecule has 0 heterocycles. The van der Waals surface area contributed by atoms with Crippen molar-refractivity contribution >= 4 is 15.9 Å². The van der Waals surface area contributed by atoms with E-state index in [0.717, 1.165) is 4.47 Å². The molecule has 0 amide bonds. The topological polar surface area (TPSA) is 0 Å². The third-order valence-corrected chi connectivity index (χ3v) is 7.19. The molecule has 0 bridgehead atoms. The van der Waals surface area contributed by atoms with Crippen molar-refractivity contribution in [2.24, 2.45) is 0 Å². The number of rotatable bonds is 5.